The number of alkyl halides is 3. The number of aldehydes is 1. The van der Waals surface area contributed by atoms with E-state index in [0.29, 0.717) is 6.54 Å². The van der Waals surface area contributed by atoms with E-state index in [0.717, 1.165) is 61.8 Å². The number of benzene rings is 3. The number of carbonyl (C=O) groups excluding carboxylic acids is 2. The quantitative estimate of drug-likeness (QED) is 0.303. The second-order valence-corrected chi connectivity index (χ2v) is 9.94. The van der Waals surface area contributed by atoms with Crippen molar-refractivity contribution in [3.05, 3.63) is 83.7 Å². The molecule has 1 amide bonds. The van der Waals surface area contributed by atoms with Gasteiger partial charge in [-0.3, -0.25) is 9.59 Å². The van der Waals surface area contributed by atoms with Gasteiger partial charge in [-0.2, -0.15) is 13.2 Å². The van der Waals surface area contributed by atoms with E-state index in [2.05, 4.69) is 15.5 Å². The normalized spacial score (nSPS) is 18.1. The van der Waals surface area contributed by atoms with Crippen LogP contribution in [0.3, 0.4) is 0 Å². The van der Waals surface area contributed by atoms with Gasteiger partial charge in [-0.1, -0.05) is 48.5 Å². The van der Waals surface area contributed by atoms with E-state index in [-0.39, 0.29) is 23.1 Å². The van der Waals surface area contributed by atoms with Gasteiger partial charge in [-0.25, -0.2) is 9.18 Å². The molecule has 1 unspecified atom stereocenters. The Hall–Kier alpha value is -3.83. The molecule has 11 heteroatoms. The molecule has 2 aliphatic rings. The van der Waals surface area contributed by atoms with E-state index in [1.54, 1.807) is 0 Å². The number of nitrogens with zero attached hydrogens (tertiary/aromatic N) is 1. The van der Waals surface area contributed by atoms with Crippen LogP contribution in [0.15, 0.2) is 66.7 Å². The van der Waals surface area contributed by atoms with Gasteiger partial charge in [-0.15, -0.1) is 0 Å². The van der Waals surface area contributed by atoms with E-state index in [1.807, 2.05) is 61.6 Å². The molecule has 0 aromatic heterocycles. The number of carboxylic acid groups (broad SMARTS) is 1. The number of carbonyl (C=O) groups is 3. The largest absolute Gasteiger partial charge is 0.490 e. The van der Waals surface area contributed by atoms with Crippen LogP contribution in [-0.2, 0) is 9.59 Å². The van der Waals surface area contributed by atoms with Crippen molar-refractivity contribution in [1.29, 1.82) is 0 Å². The smallest absolute Gasteiger partial charge is 0.475 e. The van der Waals surface area contributed by atoms with Gasteiger partial charge in [-0.05, 0) is 67.5 Å². The third-order valence-corrected chi connectivity index (χ3v) is 7.44. The predicted molar refractivity (Wildman–Crippen MR) is 147 cm³/mol. The van der Waals surface area contributed by atoms with Crippen molar-refractivity contribution in [2.45, 2.75) is 24.9 Å². The number of carboxylic acids is 1. The molecule has 2 fully saturated rings. The van der Waals surface area contributed by atoms with Gasteiger partial charge in [0.05, 0.1) is 5.41 Å². The lowest BCUT2D eigenvalue weighted by Crippen LogP contribution is -2.47. The molecule has 0 aliphatic carbocycles. The number of hydrogen-bond acceptors (Lipinski definition) is 5. The maximum Gasteiger partial charge on any atom is 0.490 e. The zero-order chi connectivity index (χ0) is 30.0. The van der Waals surface area contributed by atoms with Crippen LogP contribution in [-0.4, -0.2) is 74.1 Å². The molecular formula is C30H33F4N3O4. The van der Waals surface area contributed by atoms with Crippen molar-refractivity contribution >= 4 is 28.9 Å². The molecule has 41 heavy (non-hydrogen) atoms. The molecule has 7 nitrogen and oxygen atoms in total. The van der Waals surface area contributed by atoms with E-state index >= 15 is 0 Å². The standard InChI is InChI=1S/C17H24FN3O.C11H8O.C2HF3O2/c1-19-8-11-21-9-6-17(7-10-21)15(12-20-16(17)22)13-2-4-14(18)5-3-13;12-8-9-5-6-10-3-1-2-4-11(10)7-9;3-2(4,5)1(6)7/h2-5,15,19H,6-12H2,1H3,(H,20,22);1-8H;(H,6,7). The second-order valence-electron chi connectivity index (χ2n) is 9.94. The minimum Gasteiger partial charge on any atom is -0.475 e. The maximum absolute atomic E-state index is 13.2. The minimum absolute atomic E-state index is 0.159. The fourth-order valence-corrected chi connectivity index (χ4v) is 5.16. The third-order valence-electron chi connectivity index (χ3n) is 7.44. The second kappa shape index (κ2) is 14.2. The molecule has 3 N–H and O–H groups in total. The molecule has 1 atom stereocenters. The number of amides is 1. The Morgan fingerprint density at radius 1 is 1.07 bits per heavy atom. The number of likely N-dealkylation sites (tertiary alicyclic amines) is 1. The Bertz CT molecular complexity index is 1320. The number of aliphatic carboxylic acids is 1. The summed E-state index contributed by atoms with van der Waals surface area (Å²) in [6, 6.07) is 20.3. The lowest BCUT2D eigenvalue weighted by atomic mass is 9.68. The number of hydrogen-bond donors (Lipinski definition) is 3. The first-order valence-electron chi connectivity index (χ1n) is 13.1. The molecule has 2 aliphatic heterocycles. The van der Waals surface area contributed by atoms with Gasteiger partial charge in [0.15, 0.2) is 0 Å². The number of likely N-dealkylation sites (N-methyl/N-ethyl adjacent to an activating group) is 1. The number of halogens is 4. The summed E-state index contributed by atoms with van der Waals surface area (Å²) in [5.74, 6) is -2.65. The highest BCUT2D eigenvalue weighted by atomic mass is 19.4. The highest BCUT2D eigenvalue weighted by Crippen LogP contribution is 2.47. The minimum atomic E-state index is -5.08. The molecule has 2 heterocycles. The first-order chi connectivity index (χ1) is 19.5. The van der Waals surface area contributed by atoms with Crippen molar-refractivity contribution in [2.75, 3.05) is 39.8 Å². The lowest BCUT2D eigenvalue weighted by molar-refractivity contribution is -0.192. The van der Waals surface area contributed by atoms with E-state index in [4.69, 9.17) is 9.90 Å². The zero-order valence-electron chi connectivity index (χ0n) is 22.6. The molecule has 3 aromatic rings. The van der Waals surface area contributed by atoms with Crippen molar-refractivity contribution in [2.24, 2.45) is 5.41 Å². The number of rotatable bonds is 5. The Morgan fingerprint density at radius 2 is 1.68 bits per heavy atom. The maximum atomic E-state index is 13.2. The van der Waals surface area contributed by atoms with Gasteiger partial charge in [0.25, 0.3) is 0 Å². The van der Waals surface area contributed by atoms with Crippen LogP contribution in [0, 0.1) is 11.2 Å². The highest BCUT2D eigenvalue weighted by Gasteiger charge is 2.51. The van der Waals surface area contributed by atoms with Crippen LogP contribution in [0.1, 0.15) is 34.7 Å². The molecule has 0 saturated carbocycles. The third kappa shape index (κ3) is 8.34. The Labute approximate surface area is 235 Å². The molecular weight excluding hydrogens is 542 g/mol. The fraction of sp³-hybridized carbons (Fsp3) is 0.367. The van der Waals surface area contributed by atoms with Crippen molar-refractivity contribution in [1.82, 2.24) is 15.5 Å². The molecule has 2 saturated heterocycles. The summed E-state index contributed by atoms with van der Waals surface area (Å²) >= 11 is 0. The van der Waals surface area contributed by atoms with Gasteiger partial charge in [0.2, 0.25) is 5.91 Å². The summed E-state index contributed by atoms with van der Waals surface area (Å²) in [6.45, 7) is 4.57. The first kappa shape index (κ1) is 31.7. The van der Waals surface area contributed by atoms with Gasteiger partial charge < -0.3 is 20.6 Å². The van der Waals surface area contributed by atoms with Gasteiger partial charge >= 0.3 is 12.1 Å². The van der Waals surface area contributed by atoms with Crippen molar-refractivity contribution < 1.29 is 37.1 Å². The molecule has 0 radical (unpaired) electrons. The summed E-state index contributed by atoms with van der Waals surface area (Å²) in [6.07, 6.45) is -2.46. The Morgan fingerprint density at radius 3 is 2.24 bits per heavy atom. The number of nitrogens with one attached hydrogen (secondary N) is 2. The zero-order valence-corrected chi connectivity index (χ0v) is 22.6. The van der Waals surface area contributed by atoms with Gasteiger partial charge in [0.1, 0.15) is 12.1 Å². The van der Waals surface area contributed by atoms with Crippen LogP contribution in [0.25, 0.3) is 10.8 Å². The van der Waals surface area contributed by atoms with Crippen LogP contribution in [0.5, 0.6) is 0 Å². The van der Waals surface area contributed by atoms with Crippen LogP contribution >= 0.6 is 0 Å². The highest BCUT2D eigenvalue weighted by molar-refractivity contribution is 5.89. The average Bonchev–Trinajstić information content (AvgIpc) is 3.28. The monoisotopic (exact) mass is 575 g/mol. The molecule has 220 valence electrons. The fourth-order valence-electron chi connectivity index (χ4n) is 5.16. The average molecular weight is 576 g/mol. The van der Waals surface area contributed by atoms with Crippen LogP contribution in [0.4, 0.5) is 17.6 Å². The molecule has 5 rings (SSSR count). The number of fused-ring (bicyclic) bond motifs is 1. The lowest BCUT2D eigenvalue weighted by Gasteiger charge is -2.41. The van der Waals surface area contributed by atoms with Crippen molar-refractivity contribution in [3.8, 4) is 0 Å². The Kier molecular flexibility index (Phi) is 11.0. The molecule has 0 bridgehead atoms. The summed E-state index contributed by atoms with van der Waals surface area (Å²) in [4.78, 5) is 34.3. The summed E-state index contributed by atoms with van der Waals surface area (Å²) < 4.78 is 44.9. The topological polar surface area (TPSA) is 98.7 Å². The van der Waals surface area contributed by atoms with Crippen molar-refractivity contribution in [3.63, 3.8) is 0 Å². The van der Waals surface area contributed by atoms with E-state index < -0.39 is 12.1 Å². The molecule has 1 spiro atoms. The van der Waals surface area contributed by atoms with E-state index in [9.17, 15) is 27.2 Å². The Balaban J connectivity index is 0.000000203. The summed E-state index contributed by atoms with van der Waals surface area (Å²) in [5, 5.41) is 15.6. The van der Waals surface area contributed by atoms with Gasteiger partial charge in [0, 0.05) is 31.1 Å². The molecule has 3 aromatic carbocycles. The van der Waals surface area contributed by atoms with E-state index in [1.165, 1.54) is 17.5 Å². The SMILES string of the molecule is CNCCN1CCC2(CC1)C(=O)NCC2c1ccc(F)cc1.O=C(O)C(F)(F)F.O=Cc1ccc2ccccc2c1. The van der Waals surface area contributed by atoms with Crippen LogP contribution < -0.4 is 10.6 Å². The predicted octanol–water partition coefficient (Wildman–Crippen LogP) is 4.63. The first-order valence-corrected chi connectivity index (χ1v) is 13.1. The van der Waals surface area contributed by atoms with Crippen LogP contribution in [0.2, 0.25) is 0 Å². The summed E-state index contributed by atoms with van der Waals surface area (Å²) in [5.41, 5.74) is 1.49. The summed E-state index contributed by atoms with van der Waals surface area (Å²) in [7, 11) is 1.96. The number of piperidine rings is 1.